The van der Waals surface area contributed by atoms with Gasteiger partial charge in [-0.25, -0.2) is 0 Å². The van der Waals surface area contributed by atoms with Gasteiger partial charge in [-0.1, -0.05) is 12.1 Å². The molecule has 2 aliphatic rings. The topological polar surface area (TPSA) is 66.6 Å². The lowest BCUT2D eigenvalue weighted by Crippen LogP contribution is -2.46. The summed E-state index contributed by atoms with van der Waals surface area (Å²) in [5, 5.41) is 0. The van der Waals surface area contributed by atoms with Crippen LogP contribution in [0.5, 0.6) is 0 Å². The molecule has 0 saturated carbocycles. The van der Waals surface area contributed by atoms with Gasteiger partial charge in [-0.05, 0) is 38.1 Å². The summed E-state index contributed by atoms with van der Waals surface area (Å²) in [5.41, 5.74) is 7.15. The number of piperidine rings is 1. The van der Waals surface area contributed by atoms with E-state index in [4.69, 9.17) is 5.73 Å². The number of nitrogens with zero attached hydrogens (tertiary/aromatic N) is 2. The fourth-order valence-corrected chi connectivity index (χ4v) is 3.28. The van der Waals surface area contributed by atoms with Crippen molar-refractivity contribution in [2.24, 2.45) is 5.73 Å². The summed E-state index contributed by atoms with van der Waals surface area (Å²) < 4.78 is 0. The van der Waals surface area contributed by atoms with Crippen LogP contribution < -0.4 is 5.73 Å². The van der Waals surface area contributed by atoms with Gasteiger partial charge in [0.05, 0.1) is 11.1 Å². The number of likely N-dealkylation sites (tertiary alicyclic amines) is 1. The Morgan fingerprint density at radius 2 is 2.20 bits per heavy atom. The molecular formula is C15H19N3O2. The molecule has 2 aliphatic heterocycles. The maximum Gasteiger partial charge on any atom is 0.255 e. The molecule has 2 heterocycles. The van der Waals surface area contributed by atoms with Gasteiger partial charge in [0.15, 0.2) is 0 Å². The van der Waals surface area contributed by atoms with Crippen LogP contribution in [-0.4, -0.2) is 47.8 Å². The van der Waals surface area contributed by atoms with Gasteiger partial charge in [0.1, 0.15) is 0 Å². The minimum atomic E-state index is -0.530. The third-order valence-electron chi connectivity index (χ3n) is 4.27. The van der Waals surface area contributed by atoms with E-state index in [0.29, 0.717) is 17.7 Å². The van der Waals surface area contributed by atoms with Crippen molar-refractivity contribution in [3.8, 4) is 0 Å². The monoisotopic (exact) mass is 273 g/mol. The van der Waals surface area contributed by atoms with Crippen LogP contribution in [0.2, 0.25) is 0 Å². The molecule has 1 fully saturated rings. The number of likely N-dealkylation sites (N-methyl/N-ethyl adjacent to an activating group) is 1. The Morgan fingerprint density at radius 1 is 1.40 bits per heavy atom. The number of amides is 2. The quantitative estimate of drug-likeness (QED) is 0.868. The highest BCUT2D eigenvalue weighted by Crippen LogP contribution is 2.29. The first-order chi connectivity index (χ1) is 9.58. The van der Waals surface area contributed by atoms with E-state index in [1.165, 1.54) is 0 Å². The van der Waals surface area contributed by atoms with E-state index in [2.05, 4.69) is 11.9 Å². The Bertz CT molecular complexity index is 570. The summed E-state index contributed by atoms with van der Waals surface area (Å²) in [6.07, 6.45) is 2.12. The zero-order chi connectivity index (χ0) is 14.3. The van der Waals surface area contributed by atoms with Gasteiger partial charge >= 0.3 is 0 Å². The number of carbonyl (C=O) groups excluding carboxylic acids is 2. The molecule has 2 amide bonds. The minimum absolute atomic E-state index is 0.0466. The highest BCUT2D eigenvalue weighted by Gasteiger charge is 2.36. The van der Waals surface area contributed by atoms with Crippen LogP contribution in [0.4, 0.5) is 0 Å². The molecule has 5 nitrogen and oxygen atoms in total. The normalized spacial score (nSPS) is 22.9. The summed E-state index contributed by atoms with van der Waals surface area (Å²) in [6, 6.07) is 5.57. The summed E-state index contributed by atoms with van der Waals surface area (Å²) >= 11 is 0. The fraction of sp³-hybridized carbons (Fsp3) is 0.467. The Hall–Kier alpha value is -1.88. The zero-order valence-electron chi connectivity index (χ0n) is 11.6. The SMILES string of the molecule is CN1CCCC(N2Cc3cccc(C(N)=O)c3C2=O)C1. The second-order valence-electron chi connectivity index (χ2n) is 5.70. The van der Waals surface area contributed by atoms with Crippen LogP contribution in [-0.2, 0) is 6.54 Å². The molecule has 0 aliphatic carbocycles. The Kier molecular flexibility index (Phi) is 3.22. The van der Waals surface area contributed by atoms with Gasteiger partial charge in [-0.3, -0.25) is 9.59 Å². The third-order valence-corrected chi connectivity index (χ3v) is 4.27. The van der Waals surface area contributed by atoms with Crippen LogP contribution in [0.25, 0.3) is 0 Å². The predicted molar refractivity (Wildman–Crippen MR) is 75.4 cm³/mol. The van der Waals surface area contributed by atoms with E-state index in [9.17, 15) is 9.59 Å². The molecular weight excluding hydrogens is 254 g/mol. The van der Waals surface area contributed by atoms with E-state index >= 15 is 0 Å². The van der Waals surface area contributed by atoms with E-state index < -0.39 is 5.91 Å². The van der Waals surface area contributed by atoms with Gasteiger partial charge in [-0.2, -0.15) is 0 Å². The molecule has 1 aromatic carbocycles. The van der Waals surface area contributed by atoms with E-state index in [-0.39, 0.29) is 11.9 Å². The molecule has 20 heavy (non-hydrogen) atoms. The molecule has 0 aromatic heterocycles. The highest BCUT2D eigenvalue weighted by molar-refractivity contribution is 6.09. The van der Waals surface area contributed by atoms with Gasteiger partial charge in [0, 0.05) is 19.1 Å². The fourth-order valence-electron chi connectivity index (χ4n) is 3.28. The molecule has 1 unspecified atom stereocenters. The zero-order valence-corrected chi connectivity index (χ0v) is 11.6. The van der Waals surface area contributed by atoms with Crippen LogP contribution >= 0.6 is 0 Å². The molecule has 0 radical (unpaired) electrons. The van der Waals surface area contributed by atoms with Gasteiger partial charge in [0.25, 0.3) is 5.91 Å². The molecule has 106 valence electrons. The van der Waals surface area contributed by atoms with Crippen molar-refractivity contribution in [3.63, 3.8) is 0 Å². The van der Waals surface area contributed by atoms with Gasteiger partial charge < -0.3 is 15.5 Å². The molecule has 1 saturated heterocycles. The average Bonchev–Trinajstić information content (AvgIpc) is 2.76. The predicted octanol–water partition coefficient (Wildman–Crippen LogP) is 0.836. The lowest BCUT2D eigenvalue weighted by molar-refractivity contribution is 0.0596. The molecule has 1 aromatic rings. The average molecular weight is 273 g/mol. The van der Waals surface area contributed by atoms with Gasteiger partial charge in [-0.15, -0.1) is 0 Å². The van der Waals surface area contributed by atoms with E-state index in [1.54, 1.807) is 12.1 Å². The van der Waals surface area contributed by atoms with Crippen molar-refractivity contribution in [2.75, 3.05) is 20.1 Å². The number of carbonyl (C=O) groups is 2. The third kappa shape index (κ3) is 2.08. The molecule has 1 atom stereocenters. The van der Waals surface area contributed by atoms with Crippen molar-refractivity contribution >= 4 is 11.8 Å². The minimum Gasteiger partial charge on any atom is -0.366 e. The Morgan fingerprint density at radius 3 is 2.90 bits per heavy atom. The van der Waals surface area contributed by atoms with Crippen molar-refractivity contribution in [2.45, 2.75) is 25.4 Å². The van der Waals surface area contributed by atoms with E-state index in [1.807, 2.05) is 11.0 Å². The molecule has 0 spiro atoms. The van der Waals surface area contributed by atoms with Gasteiger partial charge in [0.2, 0.25) is 5.91 Å². The summed E-state index contributed by atoms with van der Waals surface area (Å²) in [7, 11) is 2.08. The van der Waals surface area contributed by atoms with Crippen LogP contribution in [0, 0.1) is 0 Å². The van der Waals surface area contributed by atoms with Crippen molar-refractivity contribution in [1.29, 1.82) is 0 Å². The van der Waals surface area contributed by atoms with Crippen LogP contribution in [0.3, 0.4) is 0 Å². The largest absolute Gasteiger partial charge is 0.366 e. The highest BCUT2D eigenvalue weighted by atomic mass is 16.2. The number of primary amides is 1. The second-order valence-corrected chi connectivity index (χ2v) is 5.70. The maximum absolute atomic E-state index is 12.6. The lowest BCUT2D eigenvalue weighted by atomic mass is 10.0. The number of hydrogen-bond donors (Lipinski definition) is 1. The first-order valence-corrected chi connectivity index (χ1v) is 6.99. The summed E-state index contributed by atoms with van der Waals surface area (Å²) in [6.45, 7) is 2.57. The van der Waals surface area contributed by atoms with Crippen molar-refractivity contribution in [1.82, 2.24) is 9.80 Å². The lowest BCUT2D eigenvalue weighted by Gasteiger charge is -2.35. The summed E-state index contributed by atoms with van der Waals surface area (Å²) in [5.74, 6) is -0.576. The smallest absolute Gasteiger partial charge is 0.255 e. The molecule has 5 heteroatoms. The van der Waals surface area contributed by atoms with Crippen LogP contribution in [0.15, 0.2) is 18.2 Å². The Balaban J connectivity index is 1.91. The molecule has 3 rings (SSSR count). The van der Waals surface area contributed by atoms with Crippen molar-refractivity contribution in [3.05, 3.63) is 34.9 Å². The number of nitrogens with two attached hydrogens (primary N) is 1. The second kappa shape index (κ2) is 4.90. The first-order valence-electron chi connectivity index (χ1n) is 6.99. The Labute approximate surface area is 118 Å². The summed E-state index contributed by atoms with van der Waals surface area (Å²) in [4.78, 5) is 28.3. The number of fused-ring (bicyclic) bond motifs is 1. The van der Waals surface area contributed by atoms with Crippen molar-refractivity contribution < 1.29 is 9.59 Å². The van der Waals surface area contributed by atoms with E-state index in [0.717, 1.165) is 31.5 Å². The van der Waals surface area contributed by atoms with Crippen LogP contribution in [0.1, 0.15) is 39.1 Å². The standard InChI is InChI=1S/C15H19N3O2/c1-17-7-3-5-11(9-17)18-8-10-4-2-6-12(14(16)19)13(10)15(18)20/h2,4,6,11H,3,5,7-9H2,1H3,(H2,16,19). The maximum atomic E-state index is 12.6. The molecule has 2 N–H and O–H groups in total. The number of rotatable bonds is 2. The number of hydrogen-bond acceptors (Lipinski definition) is 3. The first kappa shape index (κ1) is 13.1. The number of benzene rings is 1. The molecule has 0 bridgehead atoms.